The van der Waals surface area contributed by atoms with E-state index in [-0.39, 0.29) is 24.0 Å². The highest BCUT2D eigenvalue weighted by atomic mass is 127. The van der Waals surface area contributed by atoms with Crippen molar-refractivity contribution in [3.05, 3.63) is 58.5 Å². The van der Waals surface area contributed by atoms with Gasteiger partial charge in [0.05, 0.1) is 20.2 Å². The number of guanidine groups is 1. The Kier molecular flexibility index (Phi) is 9.18. The summed E-state index contributed by atoms with van der Waals surface area (Å²) < 4.78 is 10.3. The molecule has 0 bridgehead atoms. The van der Waals surface area contributed by atoms with Crippen LogP contribution in [0.25, 0.3) is 0 Å². The lowest BCUT2D eigenvalue weighted by Gasteiger charge is -2.10. The number of carbonyl (C=O) groups is 1. The first-order valence-corrected chi connectivity index (χ1v) is 8.28. The largest absolute Gasteiger partial charge is 0.465 e. The van der Waals surface area contributed by atoms with Crippen LogP contribution in [0.15, 0.2) is 39.7 Å². The number of aryl methyl sites for hydroxylation is 2. The van der Waals surface area contributed by atoms with Crippen molar-refractivity contribution in [2.75, 3.05) is 13.7 Å². The molecular formula is C19H26IN3O3. The minimum Gasteiger partial charge on any atom is -0.465 e. The highest BCUT2D eigenvalue weighted by Crippen LogP contribution is 2.15. The van der Waals surface area contributed by atoms with Crippen LogP contribution in [0.5, 0.6) is 0 Å². The number of ether oxygens (including phenoxy) is 1. The fraction of sp³-hybridized carbons (Fsp3) is 0.368. The van der Waals surface area contributed by atoms with Gasteiger partial charge >= 0.3 is 5.97 Å². The zero-order chi connectivity index (χ0) is 18.2. The molecule has 0 saturated heterocycles. The second-order valence-corrected chi connectivity index (χ2v) is 5.71. The summed E-state index contributed by atoms with van der Waals surface area (Å²) in [6, 6.07) is 9.98. The Morgan fingerprint density at radius 1 is 1.19 bits per heavy atom. The van der Waals surface area contributed by atoms with Gasteiger partial charge in [-0.25, -0.2) is 9.79 Å². The van der Waals surface area contributed by atoms with Crippen LogP contribution >= 0.6 is 24.0 Å². The van der Waals surface area contributed by atoms with Gasteiger partial charge in [-0.2, -0.15) is 0 Å². The molecule has 2 rings (SSSR count). The van der Waals surface area contributed by atoms with E-state index in [1.54, 1.807) is 13.0 Å². The Morgan fingerprint density at radius 2 is 1.88 bits per heavy atom. The van der Waals surface area contributed by atoms with E-state index < -0.39 is 5.97 Å². The predicted molar refractivity (Wildman–Crippen MR) is 113 cm³/mol. The third kappa shape index (κ3) is 6.36. The molecule has 0 radical (unpaired) electrons. The Bertz CT molecular complexity index is 739. The van der Waals surface area contributed by atoms with Crippen molar-refractivity contribution in [2.24, 2.45) is 4.99 Å². The van der Waals surface area contributed by atoms with Gasteiger partial charge in [-0.3, -0.25) is 0 Å². The van der Waals surface area contributed by atoms with Crippen LogP contribution in [0.2, 0.25) is 0 Å². The lowest BCUT2D eigenvalue weighted by atomic mass is 10.1. The highest BCUT2D eigenvalue weighted by Gasteiger charge is 2.15. The molecular weight excluding hydrogens is 445 g/mol. The number of hydrogen-bond donors (Lipinski definition) is 2. The van der Waals surface area contributed by atoms with Crippen molar-refractivity contribution in [2.45, 2.75) is 33.9 Å². The number of halogens is 1. The molecule has 0 unspecified atom stereocenters. The molecule has 0 fully saturated rings. The molecule has 26 heavy (non-hydrogen) atoms. The standard InChI is InChI=1S/C19H25N3O3.HI/c1-5-20-19(21-11-15-8-6-13(2)7-9-15)22-12-16-10-17(14(3)25-16)18(23)24-4;/h6-10H,5,11-12H2,1-4H3,(H2,20,21,22);1H. The van der Waals surface area contributed by atoms with Crippen molar-refractivity contribution < 1.29 is 13.9 Å². The number of esters is 1. The van der Waals surface area contributed by atoms with Gasteiger partial charge < -0.3 is 19.8 Å². The first-order chi connectivity index (χ1) is 12.0. The first-order valence-electron chi connectivity index (χ1n) is 8.28. The third-order valence-electron chi connectivity index (χ3n) is 3.69. The van der Waals surface area contributed by atoms with Gasteiger partial charge in [0.1, 0.15) is 17.1 Å². The number of furan rings is 1. The molecule has 0 saturated carbocycles. The minimum absolute atomic E-state index is 0. The van der Waals surface area contributed by atoms with Crippen LogP contribution in [-0.2, 0) is 17.8 Å². The van der Waals surface area contributed by atoms with Gasteiger partial charge in [-0.05, 0) is 32.4 Å². The van der Waals surface area contributed by atoms with Crippen molar-refractivity contribution in [1.29, 1.82) is 0 Å². The Morgan fingerprint density at radius 3 is 2.50 bits per heavy atom. The number of hydrogen-bond acceptors (Lipinski definition) is 4. The second kappa shape index (κ2) is 10.8. The summed E-state index contributed by atoms with van der Waals surface area (Å²) >= 11 is 0. The van der Waals surface area contributed by atoms with E-state index in [1.807, 2.05) is 6.92 Å². The van der Waals surface area contributed by atoms with Gasteiger partial charge in [-0.1, -0.05) is 29.8 Å². The number of rotatable bonds is 6. The van der Waals surface area contributed by atoms with Crippen molar-refractivity contribution >= 4 is 35.9 Å². The lowest BCUT2D eigenvalue weighted by molar-refractivity contribution is 0.0599. The summed E-state index contributed by atoms with van der Waals surface area (Å²) in [7, 11) is 1.35. The fourth-order valence-corrected chi connectivity index (χ4v) is 2.32. The van der Waals surface area contributed by atoms with Crippen molar-refractivity contribution in [1.82, 2.24) is 10.6 Å². The molecule has 1 aromatic carbocycles. The van der Waals surface area contributed by atoms with Gasteiger partial charge in [-0.15, -0.1) is 24.0 Å². The summed E-state index contributed by atoms with van der Waals surface area (Å²) in [5.41, 5.74) is 2.82. The molecule has 7 heteroatoms. The molecule has 142 valence electrons. The van der Waals surface area contributed by atoms with Gasteiger partial charge in [0, 0.05) is 6.54 Å². The number of aliphatic imine (C=N–C) groups is 1. The van der Waals surface area contributed by atoms with Crippen molar-refractivity contribution in [3.8, 4) is 0 Å². The Hall–Kier alpha value is -2.03. The number of benzene rings is 1. The summed E-state index contributed by atoms with van der Waals surface area (Å²) in [4.78, 5) is 16.2. The summed E-state index contributed by atoms with van der Waals surface area (Å²) in [5.74, 6) is 1.49. The molecule has 0 amide bonds. The van der Waals surface area contributed by atoms with E-state index >= 15 is 0 Å². The average molecular weight is 471 g/mol. The Balaban J connectivity index is 0.00000338. The van der Waals surface area contributed by atoms with Gasteiger partial charge in [0.2, 0.25) is 0 Å². The quantitative estimate of drug-likeness (QED) is 0.292. The number of nitrogens with one attached hydrogen (secondary N) is 2. The molecule has 2 aromatic rings. The fourth-order valence-electron chi connectivity index (χ4n) is 2.32. The van der Waals surface area contributed by atoms with E-state index in [0.29, 0.717) is 36.1 Å². The second-order valence-electron chi connectivity index (χ2n) is 5.71. The lowest BCUT2D eigenvalue weighted by Crippen LogP contribution is -2.36. The van der Waals surface area contributed by atoms with Crippen LogP contribution in [0.3, 0.4) is 0 Å². The molecule has 0 aliphatic heterocycles. The highest BCUT2D eigenvalue weighted by molar-refractivity contribution is 14.0. The zero-order valence-corrected chi connectivity index (χ0v) is 17.9. The third-order valence-corrected chi connectivity index (χ3v) is 3.69. The van der Waals surface area contributed by atoms with E-state index in [1.165, 1.54) is 12.7 Å². The number of carbonyl (C=O) groups excluding carboxylic acids is 1. The van der Waals surface area contributed by atoms with E-state index in [0.717, 1.165) is 12.1 Å². The van der Waals surface area contributed by atoms with Gasteiger partial charge in [0.25, 0.3) is 0 Å². The molecule has 0 aliphatic rings. The van der Waals surface area contributed by atoms with E-state index in [2.05, 4.69) is 46.8 Å². The van der Waals surface area contributed by atoms with Crippen LogP contribution < -0.4 is 10.6 Å². The maximum Gasteiger partial charge on any atom is 0.341 e. The average Bonchev–Trinajstić information content (AvgIpc) is 2.99. The smallest absolute Gasteiger partial charge is 0.341 e. The van der Waals surface area contributed by atoms with Crippen LogP contribution in [0.4, 0.5) is 0 Å². The van der Waals surface area contributed by atoms with Crippen LogP contribution in [0.1, 0.15) is 39.9 Å². The van der Waals surface area contributed by atoms with Gasteiger partial charge in [0.15, 0.2) is 5.96 Å². The molecule has 0 aliphatic carbocycles. The predicted octanol–water partition coefficient (Wildman–Crippen LogP) is 3.56. The molecule has 6 nitrogen and oxygen atoms in total. The molecule has 0 atom stereocenters. The number of methoxy groups -OCH3 is 1. The molecule has 0 spiro atoms. The van der Waals surface area contributed by atoms with E-state index in [4.69, 9.17) is 9.15 Å². The molecule has 1 heterocycles. The summed E-state index contributed by atoms with van der Waals surface area (Å²) in [6.45, 7) is 7.58. The minimum atomic E-state index is -0.396. The zero-order valence-electron chi connectivity index (χ0n) is 15.6. The Labute approximate surface area is 171 Å². The monoisotopic (exact) mass is 471 g/mol. The maximum atomic E-state index is 11.6. The molecule has 2 N–H and O–H groups in total. The van der Waals surface area contributed by atoms with E-state index in [9.17, 15) is 4.79 Å². The molecule has 1 aromatic heterocycles. The SMILES string of the molecule is CCNC(=NCc1ccc(C)cc1)NCc1cc(C(=O)OC)c(C)o1.I. The first kappa shape index (κ1) is 22.0. The topological polar surface area (TPSA) is 75.9 Å². The number of nitrogens with zero attached hydrogens (tertiary/aromatic N) is 1. The van der Waals surface area contributed by atoms with Crippen LogP contribution in [-0.4, -0.2) is 25.6 Å². The summed E-state index contributed by atoms with van der Waals surface area (Å²) in [6.07, 6.45) is 0. The van der Waals surface area contributed by atoms with Crippen molar-refractivity contribution in [3.63, 3.8) is 0 Å². The normalized spacial score (nSPS) is 10.8. The maximum absolute atomic E-state index is 11.6. The summed E-state index contributed by atoms with van der Waals surface area (Å²) in [5, 5.41) is 6.40. The van der Waals surface area contributed by atoms with Crippen LogP contribution in [0, 0.1) is 13.8 Å².